The van der Waals surface area contributed by atoms with Gasteiger partial charge in [0.2, 0.25) is 5.91 Å². The molecule has 3 heterocycles. The van der Waals surface area contributed by atoms with E-state index in [1.807, 2.05) is 53.4 Å². The van der Waals surface area contributed by atoms with Crippen LogP contribution in [-0.4, -0.2) is 33.3 Å². The number of benzene rings is 4. The number of nitrogens with zero attached hydrogens (tertiary/aromatic N) is 2. The number of hydrogen-bond acceptors (Lipinski definition) is 6. The molecule has 1 amide bonds. The van der Waals surface area contributed by atoms with Gasteiger partial charge in [0.25, 0.3) is 5.69 Å². The summed E-state index contributed by atoms with van der Waals surface area (Å²) in [5, 5.41) is 14.6. The summed E-state index contributed by atoms with van der Waals surface area (Å²) in [5.41, 5.74) is 1.67. The number of Topliss-reactive ketones (excluding diaryl/α,β-unsaturated/α-hetero) is 2. The minimum absolute atomic E-state index is 0.0950. The molecule has 42 heavy (non-hydrogen) atoms. The number of carbonyl (C=O) groups is 3. The van der Waals surface area contributed by atoms with Crippen LogP contribution in [0, 0.1) is 16.0 Å². The Bertz CT molecular complexity index is 1850. The summed E-state index contributed by atoms with van der Waals surface area (Å²) in [4.78, 5) is 56.6. The molecule has 9 heteroatoms. The van der Waals surface area contributed by atoms with Gasteiger partial charge in [-0.25, -0.2) is 0 Å². The van der Waals surface area contributed by atoms with E-state index in [2.05, 4.69) is 21.2 Å². The van der Waals surface area contributed by atoms with Crippen LogP contribution in [0.15, 0.2) is 108 Å². The second-order valence-electron chi connectivity index (χ2n) is 10.6. The highest BCUT2D eigenvalue weighted by Gasteiger charge is 2.70. The van der Waals surface area contributed by atoms with Gasteiger partial charge < -0.3 is 10.2 Å². The molecule has 1 spiro atoms. The minimum Gasteiger partial charge on any atom is -0.358 e. The van der Waals surface area contributed by atoms with Crippen molar-refractivity contribution in [1.29, 1.82) is 0 Å². The lowest BCUT2D eigenvalue weighted by atomic mass is 9.62. The van der Waals surface area contributed by atoms with E-state index in [9.17, 15) is 24.5 Å². The number of carbonyl (C=O) groups excluding carboxylic acids is 3. The maximum absolute atomic E-state index is 14.7. The van der Waals surface area contributed by atoms with Gasteiger partial charge in [0.1, 0.15) is 11.5 Å². The van der Waals surface area contributed by atoms with Crippen molar-refractivity contribution < 1.29 is 19.3 Å². The number of halogens is 1. The standard InChI is InChI=1S/C33H22BrN3O5/c34-22-14-12-20(13-15-22)29(38)27-28(30(39)21-7-5-8-23(18-21)37(41)42)36-17-16-19-6-1-2-9-24(19)31(36)33(27)25-10-3-4-11-26(25)35-32(33)40/h1-18,27-28,31H,(H,35,40)/t27-,28+,31-,33-/m1/s1. The van der Waals surface area contributed by atoms with Gasteiger partial charge in [-0.3, -0.25) is 24.5 Å². The third-order valence-electron chi connectivity index (χ3n) is 8.59. The fourth-order valence-corrected chi connectivity index (χ4v) is 7.17. The number of rotatable bonds is 5. The van der Waals surface area contributed by atoms with Gasteiger partial charge in [0, 0.05) is 39.6 Å². The first kappa shape index (κ1) is 26.0. The molecule has 0 aromatic heterocycles. The lowest BCUT2D eigenvalue weighted by Crippen LogP contribution is -2.49. The second kappa shape index (κ2) is 9.60. The van der Waals surface area contributed by atoms with Crippen molar-refractivity contribution in [2.75, 3.05) is 5.32 Å². The highest BCUT2D eigenvalue weighted by atomic mass is 79.9. The normalized spacial score (nSPS) is 23.2. The first-order valence-corrected chi connectivity index (χ1v) is 14.2. The van der Waals surface area contributed by atoms with Crippen LogP contribution in [0.2, 0.25) is 0 Å². The van der Waals surface area contributed by atoms with Crippen molar-refractivity contribution in [1.82, 2.24) is 4.90 Å². The topological polar surface area (TPSA) is 110 Å². The Hall–Kier alpha value is -4.89. The van der Waals surface area contributed by atoms with E-state index in [4.69, 9.17) is 0 Å². The Labute approximate surface area is 248 Å². The SMILES string of the molecule is O=C(c1cccc([N+](=O)[O-])c1)[C@@H]1[C@H](C(=O)c2ccc(Br)cc2)[C@@]2(C(=O)Nc3ccccc32)[C@H]2c3ccccc3C=CN12. The molecule has 0 saturated carbocycles. The fourth-order valence-electron chi connectivity index (χ4n) is 6.90. The summed E-state index contributed by atoms with van der Waals surface area (Å²) in [6.07, 6.45) is 3.65. The van der Waals surface area contributed by atoms with Crippen LogP contribution >= 0.6 is 15.9 Å². The molecule has 0 radical (unpaired) electrons. The van der Waals surface area contributed by atoms with Gasteiger partial charge in [-0.05, 0) is 41.0 Å². The lowest BCUT2D eigenvalue weighted by Gasteiger charge is -2.38. The predicted octanol–water partition coefficient (Wildman–Crippen LogP) is 6.34. The quantitative estimate of drug-likeness (QED) is 0.159. The number of nitrogens with one attached hydrogen (secondary N) is 1. The summed E-state index contributed by atoms with van der Waals surface area (Å²) in [6, 6.07) is 25.5. The van der Waals surface area contributed by atoms with Gasteiger partial charge >= 0.3 is 0 Å². The first-order chi connectivity index (χ1) is 20.3. The zero-order valence-electron chi connectivity index (χ0n) is 21.9. The molecule has 7 rings (SSSR count). The number of fused-ring (bicyclic) bond motifs is 6. The number of ketones is 2. The van der Waals surface area contributed by atoms with E-state index in [0.29, 0.717) is 16.8 Å². The Kier molecular flexibility index (Phi) is 5.95. The highest BCUT2D eigenvalue weighted by Crippen LogP contribution is 2.62. The van der Waals surface area contributed by atoms with Crippen molar-refractivity contribution >= 4 is 50.9 Å². The Balaban J connectivity index is 1.53. The van der Waals surface area contributed by atoms with Crippen LogP contribution in [0.5, 0.6) is 0 Å². The summed E-state index contributed by atoms with van der Waals surface area (Å²) in [7, 11) is 0. The average molecular weight is 620 g/mol. The van der Waals surface area contributed by atoms with E-state index < -0.39 is 34.1 Å². The summed E-state index contributed by atoms with van der Waals surface area (Å²) >= 11 is 3.42. The molecule has 1 fully saturated rings. The van der Waals surface area contributed by atoms with Crippen molar-refractivity contribution in [3.8, 4) is 0 Å². The third-order valence-corrected chi connectivity index (χ3v) is 9.12. The third kappa shape index (κ3) is 3.63. The van der Waals surface area contributed by atoms with E-state index in [1.165, 1.54) is 24.3 Å². The Morgan fingerprint density at radius 1 is 0.881 bits per heavy atom. The number of para-hydroxylation sites is 1. The maximum Gasteiger partial charge on any atom is 0.270 e. The molecule has 0 unspecified atom stereocenters. The van der Waals surface area contributed by atoms with Crippen LogP contribution in [0.4, 0.5) is 11.4 Å². The van der Waals surface area contributed by atoms with Crippen LogP contribution < -0.4 is 5.32 Å². The number of nitro groups is 1. The van der Waals surface area contributed by atoms with Crippen molar-refractivity contribution in [2.45, 2.75) is 17.5 Å². The largest absolute Gasteiger partial charge is 0.358 e. The molecule has 3 aliphatic heterocycles. The number of anilines is 1. The molecule has 0 aliphatic carbocycles. The smallest absolute Gasteiger partial charge is 0.270 e. The predicted molar refractivity (Wildman–Crippen MR) is 160 cm³/mol. The van der Waals surface area contributed by atoms with Crippen molar-refractivity contribution in [3.63, 3.8) is 0 Å². The monoisotopic (exact) mass is 619 g/mol. The van der Waals surface area contributed by atoms with Crippen LogP contribution in [0.25, 0.3) is 6.08 Å². The number of nitro benzene ring substituents is 1. The van der Waals surface area contributed by atoms with Gasteiger partial charge in [0.05, 0.1) is 16.9 Å². The second-order valence-corrected chi connectivity index (χ2v) is 11.5. The van der Waals surface area contributed by atoms with Crippen molar-refractivity contribution in [3.05, 3.63) is 146 Å². The molecule has 1 N–H and O–H groups in total. The lowest BCUT2D eigenvalue weighted by molar-refractivity contribution is -0.384. The van der Waals surface area contributed by atoms with Crippen LogP contribution in [-0.2, 0) is 10.2 Å². The molecule has 0 bridgehead atoms. The molecule has 1 saturated heterocycles. The summed E-state index contributed by atoms with van der Waals surface area (Å²) in [5.74, 6) is -2.36. The van der Waals surface area contributed by atoms with Gasteiger partial charge in [-0.1, -0.05) is 82.7 Å². The molecule has 3 aliphatic rings. The molecule has 4 aromatic rings. The molecular formula is C33H22BrN3O5. The first-order valence-electron chi connectivity index (χ1n) is 13.4. The Morgan fingerprint density at radius 2 is 1.62 bits per heavy atom. The summed E-state index contributed by atoms with van der Waals surface area (Å²) < 4.78 is 0.780. The number of hydrogen-bond donors (Lipinski definition) is 1. The van der Waals surface area contributed by atoms with Gasteiger partial charge in [-0.2, -0.15) is 0 Å². The molecule has 4 aromatic carbocycles. The average Bonchev–Trinajstić information content (AvgIpc) is 3.49. The zero-order chi connectivity index (χ0) is 29.2. The van der Waals surface area contributed by atoms with Crippen LogP contribution in [0.1, 0.15) is 43.4 Å². The number of amides is 1. The maximum atomic E-state index is 14.7. The van der Waals surface area contributed by atoms with E-state index in [0.717, 1.165) is 15.6 Å². The van der Waals surface area contributed by atoms with Gasteiger partial charge in [0.15, 0.2) is 11.6 Å². The molecule has 4 atom stereocenters. The van der Waals surface area contributed by atoms with E-state index in [-0.39, 0.29) is 22.9 Å². The molecule has 8 nitrogen and oxygen atoms in total. The van der Waals surface area contributed by atoms with E-state index in [1.54, 1.807) is 36.5 Å². The van der Waals surface area contributed by atoms with Crippen LogP contribution in [0.3, 0.4) is 0 Å². The van der Waals surface area contributed by atoms with Gasteiger partial charge in [-0.15, -0.1) is 0 Å². The molecule has 206 valence electrons. The minimum atomic E-state index is -1.47. The van der Waals surface area contributed by atoms with Crippen molar-refractivity contribution in [2.24, 2.45) is 5.92 Å². The van der Waals surface area contributed by atoms with E-state index >= 15 is 0 Å². The Morgan fingerprint density at radius 3 is 2.40 bits per heavy atom. The summed E-state index contributed by atoms with van der Waals surface area (Å²) in [6.45, 7) is 0. The fraction of sp³-hybridized carbons (Fsp3) is 0.121. The zero-order valence-corrected chi connectivity index (χ0v) is 23.5. The molecular weight excluding hydrogens is 598 g/mol. The number of non-ortho nitro benzene ring substituents is 1. The highest BCUT2D eigenvalue weighted by molar-refractivity contribution is 9.10.